The zero-order valence-corrected chi connectivity index (χ0v) is 12.6. The van der Waals surface area contributed by atoms with Crippen LogP contribution >= 0.6 is 0 Å². The van der Waals surface area contributed by atoms with Crippen LogP contribution in [0.1, 0.15) is 20.3 Å². The van der Waals surface area contributed by atoms with Crippen LogP contribution in [0.2, 0.25) is 0 Å². The van der Waals surface area contributed by atoms with Gasteiger partial charge in [0.25, 0.3) is 0 Å². The summed E-state index contributed by atoms with van der Waals surface area (Å²) in [5.41, 5.74) is 8.03. The highest BCUT2D eigenvalue weighted by atomic mass is 15.1. The van der Waals surface area contributed by atoms with E-state index in [2.05, 4.69) is 42.2 Å². The molecule has 0 aliphatic carbocycles. The lowest BCUT2D eigenvalue weighted by Crippen LogP contribution is -2.28. The number of nitrogen functional groups attached to an aromatic ring is 1. The van der Waals surface area contributed by atoms with Crippen LogP contribution < -0.4 is 11.1 Å². The molecule has 0 spiro atoms. The van der Waals surface area contributed by atoms with Gasteiger partial charge in [0.05, 0.1) is 11.4 Å². The number of fused-ring (bicyclic) bond motifs is 1. The third-order valence-corrected chi connectivity index (χ3v) is 3.75. The van der Waals surface area contributed by atoms with Crippen molar-refractivity contribution in [3.05, 3.63) is 30.6 Å². The van der Waals surface area contributed by atoms with E-state index in [1.54, 1.807) is 6.20 Å². The van der Waals surface area contributed by atoms with Crippen molar-refractivity contribution >= 4 is 22.1 Å². The van der Waals surface area contributed by atoms with Crippen LogP contribution in [0, 0.1) is 0 Å². The van der Waals surface area contributed by atoms with Gasteiger partial charge >= 0.3 is 0 Å². The third-order valence-electron chi connectivity index (χ3n) is 3.75. The number of anilines is 2. The lowest BCUT2D eigenvalue weighted by Gasteiger charge is -2.21. The molecule has 4 heteroatoms. The molecule has 0 fully saturated rings. The Morgan fingerprint density at radius 3 is 2.85 bits per heavy atom. The topological polar surface area (TPSA) is 54.2 Å². The Morgan fingerprint density at radius 1 is 1.30 bits per heavy atom. The molecular weight excluding hydrogens is 248 g/mol. The SMILES string of the molecule is CC(C)N(C)CCCNc1ccc2cnccc2c1N. The molecule has 1 aromatic carbocycles. The summed E-state index contributed by atoms with van der Waals surface area (Å²) >= 11 is 0. The summed E-state index contributed by atoms with van der Waals surface area (Å²) in [7, 11) is 2.15. The van der Waals surface area contributed by atoms with Gasteiger partial charge in [0, 0.05) is 35.8 Å². The Labute approximate surface area is 121 Å². The molecule has 0 amide bonds. The highest BCUT2D eigenvalue weighted by molar-refractivity contribution is 5.98. The van der Waals surface area contributed by atoms with Gasteiger partial charge in [0.2, 0.25) is 0 Å². The summed E-state index contributed by atoms with van der Waals surface area (Å²) in [6.07, 6.45) is 4.72. The third kappa shape index (κ3) is 3.39. The molecule has 108 valence electrons. The van der Waals surface area contributed by atoms with Crippen molar-refractivity contribution in [1.29, 1.82) is 0 Å². The van der Waals surface area contributed by atoms with Gasteiger partial charge in [-0.05, 0) is 46.0 Å². The second-order valence-corrected chi connectivity index (χ2v) is 5.48. The van der Waals surface area contributed by atoms with E-state index in [-0.39, 0.29) is 0 Å². The highest BCUT2D eigenvalue weighted by Gasteiger charge is 2.05. The van der Waals surface area contributed by atoms with Gasteiger partial charge in [-0.3, -0.25) is 4.98 Å². The first-order valence-electron chi connectivity index (χ1n) is 7.16. The Hall–Kier alpha value is -1.81. The molecule has 2 aromatic rings. The largest absolute Gasteiger partial charge is 0.397 e. The maximum absolute atomic E-state index is 6.21. The van der Waals surface area contributed by atoms with E-state index in [1.807, 2.05) is 18.3 Å². The quantitative estimate of drug-likeness (QED) is 0.627. The first kappa shape index (κ1) is 14.6. The number of aromatic nitrogens is 1. The molecule has 1 heterocycles. The van der Waals surface area contributed by atoms with Crippen molar-refractivity contribution in [3.63, 3.8) is 0 Å². The fourth-order valence-electron chi connectivity index (χ4n) is 2.16. The highest BCUT2D eigenvalue weighted by Crippen LogP contribution is 2.27. The van der Waals surface area contributed by atoms with Gasteiger partial charge in [-0.25, -0.2) is 0 Å². The molecule has 0 radical (unpaired) electrons. The standard InChI is InChI=1S/C16H24N4/c1-12(2)20(3)10-4-8-19-15-6-5-13-11-18-9-7-14(13)16(15)17/h5-7,9,11-12,19H,4,8,10,17H2,1-3H3. The summed E-state index contributed by atoms with van der Waals surface area (Å²) in [6, 6.07) is 6.64. The van der Waals surface area contributed by atoms with Crippen molar-refractivity contribution in [3.8, 4) is 0 Å². The zero-order valence-electron chi connectivity index (χ0n) is 12.6. The van der Waals surface area contributed by atoms with Crippen LogP contribution in [0.5, 0.6) is 0 Å². The molecule has 3 N–H and O–H groups in total. The number of rotatable bonds is 6. The van der Waals surface area contributed by atoms with E-state index in [1.165, 1.54) is 0 Å². The Kier molecular flexibility index (Phi) is 4.79. The normalized spacial score (nSPS) is 11.4. The van der Waals surface area contributed by atoms with Crippen molar-refractivity contribution in [2.75, 3.05) is 31.2 Å². The number of nitrogens with zero attached hydrogens (tertiary/aromatic N) is 2. The van der Waals surface area contributed by atoms with E-state index in [0.717, 1.165) is 41.7 Å². The summed E-state index contributed by atoms with van der Waals surface area (Å²) in [5, 5.41) is 5.57. The summed E-state index contributed by atoms with van der Waals surface area (Å²) in [4.78, 5) is 6.46. The molecule has 0 saturated carbocycles. The van der Waals surface area contributed by atoms with Crippen LogP contribution in [0.25, 0.3) is 10.8 Å². The average Bonchev–Trinajstić information content (AvgIpc) is 2.45. The number of hydrogen-bond acceptors (Lipinski definition) is 4. The molecule has 2 rings (SSSR count). The molecule has 20 heavy (non-hydrogen) atoms. The Bertz CT molecular complexity index is 565. The maximum atomic E-state index is 6.21. The van der Waals surface area contributed by atoms with E-state index in [4.69, 9.17) is 5.73 Å². The van der Waals surface area contributed by atoms with Crippen LogP contribution in [-0.2, 0) is 0 Å². The minimum atomic E-state index is 0.591. The minimum absolute atomic E-state index is 0.591. The molecule has 4 nitrogen and oxygen atoms in total. The maximum Gasteiger partial charge on any atom is 0.0630 e. The van der Waals surface area contributed by atoms with Crippen LogP contribution in [0.3, 0.4) is 0 Å². The molecular formula is C16H24N4. The van der Waals surface area contributed by atoms with Crippen LogP contribution in [0.15, 0.2) is 30.6 Å². The molecule has 0 aliphatic heterocycles. The monoisotopic (exact) mass is 272 g/mol. The molecule has 1 aromatic heterocycles. The second kappa shape index (κ2) is 6.57. The summed E-state index contributed by atoms with van der Waals surface area (Å²) in [6.45, 7) is 6.44. The van der Waals surface area contributed by atoms with Gasteiger partial charge in [0.15, 0.2) is 0 Å². The van der Waals surface area contributed by atoms with Gasteiger partial charge in [-0.2, -0.15) is 0 Å². The van der Waals surface area contributed by atoms with Crippen molar-refractivity contribution < 1.29 is 0 Å². The fourth-order valence-corrected chi connectivity index (χ4v) is 2.16. The molecule has 0 bridgehead atoms. The zero-order chi connectivity index (χ0) is 14.5. The van der Waals surface area contributed by atoms with E-state index >= 15 is 0 Å². The lowest BCUT2D eigenvalue weighted by atomic mass is 10.1. The van der Waals surface area contributed by atoms with E-state index < -0.39 is 0 Å². The summed E-state index contributed by atoms with van der Waals surface area (Å²) in [5.74, 6) is 0. The number of hydrogen-bond donors (Lipinski definition) is 2. The smallest absolute Gasteiger partial charge is 0.0630 e. The number of pyridine rings is 1. The summed E-state index contributed by atoms with van der Waals surface area (Å²) < 4.78 is 0. The predicted molar refractivity (Wildman–Crippen MR) is 87.0 cm³/mol. The van der Waals surface area contributed by atoms with E-state index in [9.17, 15) is 0 Å². The molecule has 0 atom stereocenters. The molecule has 0 aliphatic rings. The number of nitrogens with two attached hydrogens (primary N) is 1. The lowest BCUT2D eigenvalue weighted by molar-refractivity contribution is 0.273. The Balaban J connectivity index is 1.95. The predicted octanol–water partition coefficient (Wildman–Crippen LogP) is 2.96. The fraction of sp³-hybridized carbons (Fsp3) is 0.438. The second-order valence-electron chi connectivity index (χ2n) is 5.48. The van der Waals surface area contributed by atoms with Crippen LogP contribution in [-0.4, -0.2) is 36.1 Å². The van der Waals surface area contributed by atoms with Gasteiger partial charge in [0.1, 0.15) is 0 Å². The first-order chi connectivity index (χ1) is 9.59. The van der Waals surface area contributed by atoms with Crippen LogP contribution in [0.4, 0.5) is 11.4 Å². The van der Waals surface area contributed by atoms with Gasteiger partial charge in [-0.15, -0.1) is 0 Å². The van der Waals surface area contributed by atoms with Gasteiger partial charge in [-0.1, -0.05) is 6.07 Å². The van der Waals surface area contributed by atoms with Crippen molar-refractivity contribution in [1.82, 2.24) is 9.88 Å². The minimum Gasteiger partial charge on any atom is -0.397 e. The number of nitrogens with one attached hydrogen (secondary N) is 1. The number of benzene rings is 1. The molecule has 0 unspecified atom stereocenters. The molecule has 0 saturated heterocycles. The first-order valence-corrected chi connectivity index (χ1v) is 7.16. The van der Waals surface area contributed by atoms with Gasteiger partial charge < -0.3 is 16.0 Å². The Morgan fingerprint density at radius 2 is 2.10 bits per heavy atom. The van der Waals surface area contributed by atoms with Crippen molar-refractivity contribution in [2.24, 2.45) is 0 Å². The van der Waals surface area contributed by atoms with E-state index in [0.29, 0.717) is 6.04 Å². The van der Waals surface area contributed by atoms with Crippen molar-refractivity contribution in [2.45, 2.75) is 26.3 Å². The average molecular weight is 272 g/mol.